The lowest BCUT2D eigenvalue weighted by Crippen LogP contribution is -2.33. The number of imidazole rings is 1. The second kappa shape index (κ2) is 9.51. The summed E-state index contributed by atoms with van der Waals surface area (Å²) in [7, 11) is 0. The van der Waals surface area contributed by atoms with Crippen molar-refractivity contribution in [3.8, 4) is 0 Å². The van der Waals surface area contributed by atoms with Gasteiger partial charge in [-0.2, -0.15) is 0 Å². The fourth-order valence-corrected chi connectivity index (χ4v) is 3.84. The van der Waals surface area contributed by atoms with Gasteiger partial charge in [0.1, 0.15) is 17.7 Å². The number of hydrogen-bond donors (Lipinski definition) is 1. The standard InChI is InChI=1S/C25H25FN4O/c1-2-8-23(25(31)28-17-18-9-7-14-27-16-18)30-22-13-6-5-12-21(22)29-24(30)15-19-10-3-4-11-20(19)26/h3-7,9-14,16,23H,2,8,15,17H2,1H3,(H,28,31)/t23-/m1/s1. The Hall–Kier alpha value is -3.54. The SMILES string of the molecule is CCC[C@H](C(=O)NCc1cccnc1)n1c(Cc2ccccc2F)nc2ccccc21. The minimum absolute atomic E-state index is 0.0800. The van der Waals surface area contributed by atoms with Crippen molar-refractivity contribution in [1.82, 2.24) is 19.9 Å². The van der Waals surface area contributed by atoms with E-state index >= 15 is 0 Å². The van der Waals surface area contributed by atoms with Gasteiger partial charge in [0, 0.05) is 25.4 Å². The minimum atomic E-state index is -0.434. The molecule has 0 aliphatic heterocycles. The van der Waals surface area contributed by atoms with Crippen LogP contribution in [0.5, 0.6) is 0 Å². The lowest BCUT2D eigenvalue weighted by molar-refractivity contribution is -0.124. The summed E-state index contributed by atoms with van der Waals surface area (Å²) >= 11 is 0. The summed E-state index contributed by atoms with van der Waals surface area (Å²) in [5.41, 5.74) is 3.18. The average molecular weight is 417 g/mol. The highest BCUT2D eigenvalue weighted by molar-refractivity contribution is 5.84. The Morgan fingerprint density at radius 2 is 1.90 bits per heavy atom. The molecule has 6 heteroatoms. The van der Waals surface area contributed by atoms with Crippen LogP contribution >= 0.6 is 0 Å². The molecule has 0 unspecified atom stereocenters. The molecule has 1 N–H and O–H groups in total. The molecule has 0 fully saturated rings. The van der Waals surface area contributed by atoms with Gasteiger partial charge in [-0.25, -0.2) is 9.37 Å². The molecule has 0 aliphatic rings. The van der Waals surface area contributed by atoms with E-state index in [4.69, 9.17) is 4.98 Å². The first kappa shape index (κ1) is 20.7. The number of aromatic nitrogens is 3. The first-order chi connectivity index (χ1) is 15.2. The lowest BCUT2D eigenvalue weighted by atomic mass is 10.1. The normalized spacial score (nSPS) is 12.1. The number of carbonyl (C=O) groups excluding carboxylic acids is 1. The summed E-state index contributed by atoms with van der Waals surface area (Å²) in [6, 6.07) is 17.8. The smallest absolute Gasteiger partial charge is 0.243 e. The Morgan fingerprint density at radius 3 is 2.68 bits per heavy atom. The van der Waals surface area contributed by atoms with Gasteiger partial charge in [-0.3, -0.25) is 9.78 Å². The van der Waals surface area contributed by atoms with Crippen LogP contribution in [0.3, 0.4) is 0 Å². The van der Waals surface area contributed by atoms with Crippen molar-refractivity contribution < 1.29 is 9.18 Å². The Labute approximate surface area is 181 Å². The molecule has 0 bridgehead atoms. The van der Waals surface area contributed by atoms with Crippen molar-refractivity contribution in [2.45, 2.75) is 38.8 Å². The van der Waals surface area contributed by atoms with Crippen LogP contribution in [-0.4, -0.2) is 20.4 Å². The topological polar surface area (TPSA) is 59.8 Å². The number of fused-ring (bicyclic) bond motifs is 1. The molecule has 0 saturated heterocycles. The van der Waals surface area contributed by atoms with Gasteiger partial charge in [-0.05, 0) is 41.8 Å². The number of halogens is 1. The number of amides is 1. The van der Waals surface area contributed by atoms with Crippen molar-refractivity contribution in [1.29, 1.82) is 0 Å². The first-order valence-electron chi connectivity index (χ1n) is 10.5. The summed E-state index contributed by atoms with van der Waals surface area (Å²) in [4.78, 5) is 22.1. The van der Waals surface area contributed by atoms with E-state index in [-0.39, 0.29) is 11.7 Å². The van der Waals surface area contributed by atoms with Gasteiger partial charge in [-0.15, -0.1) is 0 Å². The molecule has 0 saturated carbocycles. The predicted octanol–water partition coefficient (Wildman–Crippen LogP) is 4.82. The summed E-state index contributed by atoms with van der Waals surface area (Å²) in [6.45, 7) is 2.46. The molecule has 4 rings (SSSR count). The molecule has 0 radical (unpaired) electrons. The highest BCUT2D eigenvalue weighted by Crippen LogP contribution is 2.27. The summed E-state index contributed by atoms with van der Waals surface area (Å²) in [6.07, 6.45) is 5.25. The largest absolute Gasteiger partial charge is 0.350 e. The van der Waals surface area contributed by atoms with Crippen molar-refractivity contribution in [3.63, 3.8) is 0 Å². The number of rotatable bonds is 8. The Bertz CT molecular complexity index is 1170. The number of benzene rings is 2. The van der Waals surface area contributed by atoms with E-state index in [1.807, 2.05) is 47.0 Å². The minimum Gasteiger partial charge on any atom is -0.350 e. The average Bonchev–Trinajstić information content (AvgIpc) is 3.15. The second-order valence-corrected chi connectivity index (χ2v) is 7.54. The van der Waals surface area contributed by atoms with E-state index in [0.29, 0.717) is 30.8 Å². The molecule has 1 atom stereocenters. The third-order valence-electron chi connectivity index (χ3n) is 5.34. The molecule has 158 valence electrons. The van der Waals surface area contributed by atoms with Crippen LogP contribution < -0.4 is 5.32 Å². The van der Waals surface area contributed by atoms with E-state index < -0.39 is 6.04 Å². The van der Waals surface area contributed by atoms with Gasteiger partial charge in [0.05, 0.1) is 11.0 Å². The van der Waals surface area contributed by atoms with Gasteiger partial charge < -0.3 is 9.88 Å². The van der Waals surface area contributed by atoms with Crippen LogP contribution in [0.2, 0.25) is 0 Å². The van der Waals surface area contributed by atoms with Crippen molar-refractivity contribution >= 4 is 16.9 Å². The Balaban J connectivity index is 1.70. The van der Waals surface area contributed by atoms with E-state index in [9.17, 15) is 9.18 Å². The van der Waals surface area contributed by atoms with Gasteiger partial charge in [0.25, 0.3) is 0 Å². The molecule has 5 nitrogen and oxygen atoms in total. The van der Waals surface area contributed by atoms with Crippen LogP contribution in [0.4, 0.5) is 4.39 Å². The van der Waals surface area contributed by atoms with Gasteiger partial charge in [0.2, 0.25) is 5.91 Å². The second-order valence-electron chi connectivity index (χ2n) is 7.54. The first-order valence-corrected chi connectivity index (χ1v) is 10.5. The molecule has 2 heterocycles. The molecular formula is C25H25FN4O. The third-order valence-corrected chi connectivity index (χ3v) is 5.34. The molecular weight excluding hydrogens is 391 g/mol. The lowest BCUT2D eigenvalue weighted by Gasteiger charge is -2.21. The summed E-state index contributed by atoms with van der Waals surface area (Å²) < 4.78 is 16.3. The number of pyridine rings is 1. The molecule has 31 heavy (non-hydrogen) atoms. The van der Waals surface area contributed by atoms with Crippen LogP contribution in [0.15, 0.2) is 73.1 Å². The van der Waals surface area contributed by atoms with Gasteiger partial charge in [0.15, 0.2) is 0 Å². The zero-order chi connectivity index (χ0) is 21.6. The fraction of sp³-hybridized carbons (Fsp3) is 0.240. The maximum atomic E-state index is 14.4. The highest BCUT2D eigenvalue weighted by Gasteiger charge is 2.25. The third kappa shape index (κ3) is 4.63. The molecule has 0 aliphatic carbocycles. The highest BCUT2D eigenvalue weighted by atomic mass is 19.1. The zero-order valence-electron chi connectivity index (χ0n) is 17.5. The van der Waals surface area contributed by atoms with E-state index in [1.165, 1.54) is 6.07 Å². The number of nitrogens with one attached hydrogen (secondary N) is 1. The van der Waals surface area contributed by atoms with Crippen LogP contribution in [0.25, 0.3) is 11.0 Å². The summed E-state index contributed by atoms with van der Waals surface area (Å²) in [5, 5.41) is 3.04. The molecule has 1 amide bonds. The molecule has 4 aromatic rings. The number of carbonyl (C=O) groups is 1. The van der Waals surface area contributed by atoms with E-state index in [2.05, 4.69) is 17.2 Å². The quantitative estimate of drug-likeness (QED) is 0.448. The fourth-order valence-electron chi connectivity index (χ4n) is 3.84. The van der Waals surface area contributed by atoms with Gasteiger partial charge >= 0.3 is 0 Å². The summed E-state index contributed by atoms with van der Waals surface area (Å²) in [5.74, 6) is 0.332. The molecule has 2 aromatic carbocycles. The van der Waals surface area contributed by atoms with Crippen LogP contribution in [0.1, 0.15) is 42.8 Å². The number of para-hydroxylation sites is 2. The van der Waals surface area contributed by atoms with Gasteiger partial charge in [-0.1, -0.05) is 49.7 Å². The number of nitrogens with zero attached hydrogens (tertiary/aromatic N) is 3. The monoisotopic (exact) mass is 416 g/mol. The maximum absolute atomic E-state index is 14.4. The van der Waals surface area contributed by atoms with Crippen molar-refractivity contribution in [2.24, 2.45) is 0 Å². The van der Waals surface area contributed by atoms with Crippen LogP contribution in [-0.2, 0) is 17.8 Å². The van der Waals surface area contributed by atoms with E-state index in [0.717, 1.165) is 23.0 Å². The zero-order valence-corrected chi connectivity index (χ0v) is 17.5. The maximum Gasteiger partial charge on any atom is 0.243 e. The molecule has 0 spiro atoms. The predicted molar refractivity (Wildman–Crippen MR) is 119 cm³/mol. The van der Waals surface area contributed by atoms with Crippen LogP contribution in [0, 0.1) is 5.82 Å². The van der Waals surface area contributed by atoms with Crippen molar-refractivity contribution in [3.05, 3.63) is 95.8 Å². The van der Waals surface area contributed by atoms with Crippen molar-refractivity contribution in [2.75, 3.05) is 0 Å². The Kier molecular flexibility index (Phi) is 6.36. The number of hydrogen-bond acceptors (Lipinski definition) is 3. The molecule has 2 aromatic heterocycles. The Morgan fingerprint density at radius 1 is 1.10 bits per heavy atom. The van der Waals surface area contributed by atoms with E-state index in [1.54, 1.807) is 24.5 Å².